The number of halogens is 4. The van der Waals surface area contributed by atoms with Gasteiger partial charge in [0.2, 0.25) is 4.96 Å². The highest BCUT2D eigenvalue weighted by molar-refractivity contribution is 8.00. The smallest absolute Gasteiger partial charge is 0.391 e. The molecule has 2 aromatic heterocycles. The number of alkyl halides is 3. The summed E-state index contributed by atoms with van der Waals surface area (Å²) in [6.45, 7) is 1.97. The molecule has 11 heteroatoms. The number of hydrogen-bond donors (Lipinski definition) is 0. The molecular weight excluding hydrogens is 481 g/mol. The molecule has 5 nitrogen and oxygen atoms in total. The van der Waals surface area contributed by atoms with E-state index in [0.717, 1.165) is 32.6 Å². The van der Waals surface area contributed by atoms with Gasteiger partial charge in [0.05, 0.1) is 16.1 Å². The lowest BCUT2D eigenvalue weighted by molar-refractivity contribution is -0.137. The van der Waals surface area contributed by atoms with Crippen LogP contribution in [0.2, 0.25) is 5.02 Å². The van der Waals surface area contributed by atoms with Gasteiger partial charge in [-0.3, -0.25) is 0 Å². The molecule has 4 rings (SSSR count). The monoisotopic (exact) mass is 496 g/mol. The Hall–Kier alpha value is -2.56. The quantitative estimate of drug-likeness (QED) is 0.167. The van der Waals surface area contributed by atoms with Gasteiger partial charge in [0, 0.05) is 15.7 Å². The molecule has 0 bridgehead atoms. The molecule has 0 aliphatic carbocycles. The van der Waals surface area contributed by atoms with Crippen molar-refractivity contribution < 1.29 is 18.0 Å². The predicted molar refractivity (Wildman–Crippen MR) is 121 cm³/mol. The van der Waals surface area contributed by atoms with Gasteiger partial charge in [-0.25, -0.2) is 9.50 Å². The van der Waals surface area contributed by atoms with Crippen molar-refractivity contribution in [2.75, 3.05) is 5.75 Å². The third-order valence-electron chi connectivity index (χ3n) is 4.49. The van der Waals surface area contributed by atoms with E-state index in [2.05, 4.69) is 15.2 Å². The topological polar surface area (TPSA) is 51.8 Å². The van der Waals surface area contributed by atoms with Crippen LogP contribution in [0.15, 0.2) is 64.9 Å². The summed E-state index contributed by atoms with van der Waals surface area (Å²) in [5.41, 5.74) is 1.46. The third kappa shape index (κ3) is 5.25. The van der Waals surface area contributed by atoms with Crippen molar-refractivity contribution in [1.82, 2.24) is 14.6 Å². The van der Waals surface area contributed by atoms with E-state index in [9.17, 15) is 13.2 Å². The maximum atomic E-state index is 12.7. The molecule has 0 fully saturated rings. The Morgan fingerprint density at radius 2 is 1.88 bits per heavy atom. The van der Waals surface area contributed by atoms with Crippen LogP contribution in [0.4, 0.5) is 13.2 Å². The number of benzene rings is 2. The zero-order valence-electron chi connectivity index (χ0n) is 16.6. The van der Waals surface area contributed by atoms with Crippen molar-refractivity contribution in [2.45, 2.75) is 24.6 Å². The number of nitrogens with zero attached hydrogens (tertiary/aromatic N) is 4. The third-order valence-corrected chi connectivity index (χ3v) is 6.97. The second kappa shape index (κ2) is 9.51. The number of thiazole rings is 1. The Kier molecular flexibility index (Phi) is 6.73. The summed E-state index contributed by atoms with van der Waals surface area (Å²) in [4.78, 5) is 12.4. The summed E-state index contributed by atoms with van der Waals surface area (Å²) < 4.78 is 39.9. The second-order valence-corrected chi connectivity index (χ2v) is 9.18. The van der Waals surface area contributed by atoms with Gasteiger partial charge in [-0.15, -0.1) is 11.8 Å². The highest BCUT2D eigenvalue weighted by Crippen LogP contribution is 2.29. The maximum Gasteiger partial charge on any atom is 0.416 e. The number of thioether (sulfide) groups is 1. The summed E-state index contributed by atoms with van der Waals surface area (Å²) in [7, 11) is 0. The van der Waals surface area contributed by atoms with Crippen LogP contribution in [0.1, 0.15) is 21.7 Å². The fourth-order valence-electron chi connectivity index (χ4n) is 2.85. The average molecular weight is 497 g/mol. The van der Waals surface area contributed by atoms with Crippen LogP contribution in [0, 0.1) is 6.92 Å². The lowest BCUT2D eigenvalue weighted by Crippen LogP contribution is -2.07. The van der Waals surface area contributed by atoms with E-state index in [4.69, 9.17) is 16.4 Å². The Balaban J connectivity index is 1.52. The van der Waals surface area contributed by atoms with Gasteiger partial charge >= 0.3 is 6.18 Å². The van der Waals surface area contributed by atoms with Gasteiger partial charge in [0.25, 0.3) is 0 Å². The van der Waals surface area contributed by atoms with Crippen molar-refractivity contribution in [3.63, 3.8) is 0 Å². The number of hydrogen-bond acceptors (Lipinski definition) is 6. The highest BCUT2D eigenvalue weighted by Gasteiger charge is 2.29. The second-order valence-electron chi connectivity index (χ2n) is 6.72. The van der Waals surface area contributed by atoms with Crippen LogP contribution in [-0.4, -0.2) is 26.1 Å². The Morgan fingerprint density at radius 1 is 1.16 bits per heavy atom. The number of oxime groups is 1. The minimum absolute atomic E-state index is 0.0487. The van der Waals surface area contributed by atoms with Gasteiger partial charge in [-0.1, -0.05) is 40.2 Å². The minimum Gasteiger partial charge on any atom is -0.391 e. The lowest BCUT2D eigenvalue weighted by atomic mass is 10.1. The average Bonchev–Trinajstić information content (AvgIpc) is 3.34. The van der Waals surface area contributed by atoms with Crippen LogP contribution in [0.3, 0.4) is 0 Å². The standard InChI is InChI=1S/C21H16ClF3N4OS2/c1-13-19(32-20-26-12-27-29(13)20)18(11-31-17-8-6-16(22)7-9-17)28-30-10-14-2-4-15(5-3-14)21(23,24)25/h2-9,12H,10-11H2,1H3/b28-18-. The maximum absolute atomic E-state index is 12.7. The van der Waals surface area contributed by atoms with E-state index >= 15 is 0 Å². The molecule has 0 aliphatic rings. The molecule has 0 unspecified atom stereocenters. The number of fused-ring (bicyclic) bond motifs is 1. The molecule has 0 aliphatic heterocycles. The van der Waals surface area contributed by atoms with E-state index in [-0.39, 0.29) is 6.61 Å². The van der Waals surface area contributed by atoms with E-state index in [1.165, 1.54) is 29.8 Å². The van der Waals surface area contributed by atoms with Gasteiger partial charge in [0.15, 0.2) is 0 Å². The van der Waals surface area contributed by atoms with E-state index in [1.54, 1.807) is 16.3 Å². The summed E-state index contributed by atoms with van der Waals surface area (Å²) in [6.07, 6.45) is -2.88. The molecule has 4 aromatic rings. The molecule has 166 valence electrons. The number of aromatic nitrogens is 3. The highest BCUT2D eigenvalue weighted by atomic mass is 35.5. The molecular formula is C21H16ClF3N4OS2. The molecule has 0 radical (unpaired) electrons. The summed E-state index contributed by atoms with van der Waals surface area (Å²) in [5.74, 6) is 0.513. The van der Waals surface area contributed by atoms with Crippen molar-refractivity contribution in [3.05, 3.63) is 81.6 Å². The fraction of sp³-hybridized carbons (Fsp3) is 0.190. The van der Waals surface area contributed by atoms with Crippen LogP contribution in [0.5, 0.6) is 0 Å². The molecule has 2 aromatic carbocycles. The molecule has 0 saturated heterocycles. The summed E-state index contributed by atoms with van der Waals surface area (Å²) in [5, 5.41) is 9.19. The summed E-state index contributed by atoms with van der Waals surface area (Å²) >= 11 is 8.97. The molecule has 32 heavy (non-hydrogen) atoms. The molecule has 0 amide bonds. The minimum atomic E-state index is -4.37. The lowest BCUT2D eigenvalue weighted by Gasteiger charge is -2.08. The van der Waals surface area contributed by atoms with Gasteiger partial charge in [0.1, 0.15) is 18.6 Å². The molecule has 0 saturated carbocycles. The zero-order valence-corrected chi connectivity index (χ0v) is 19.0. The van der Waals surface area contributed by atoms with E-state index in [0.29, 0.717) is 22.1 Å². The zero-order chi connectivity index (χ0) is 22.7. The Labute approximate surface area is 194 Å². The van der Waals surface area contributed by atoms with Crippen molar-refractivity contribution in [2.24, 2.45) is 5.16 Å². The van der Waals surface area contributed by atoms with E-state index in [1.807, 2.05) is 31.2 Å². The van der Waals surface area contributed by atoms with Gasteiger partial charge in [-0.05, 0) is 48.9 Å². The Morgan fingerprint density at radius 3 is 2.53 bits per heavy atom. The summed E-state index contributed by atoms with van der Waals surface area (Å²) in [6, 6.07) is 12.3. The predicted octanol–water partition coefficient (Wildman–Crippen LogP) is 6.48. The van der Waals surface area contributed by atoms with Crippen molar-refractivity contribution in [1.29, 1.82) is 0 Å². The van der Waals surface area contributed by atoms with Gasteiger partial charge in [-0.2, -0.15) is 18.3 Å². The number of rotatable bonds is 7. The first-order valence-electron chi connectivity index (χ1n) is 9.34. The van der Waals surface area contributed by atoms with E-state index < -0.39 is 11.7 Å². The van der Waals surface area contributed by atoms with Crippen LogP contribution < -0.4 is 0 Å². The van der Waals surface area contributed by atoms with Crippen molar-refractivity contribution >= 4 is 45.4 Å². The fourth-order valence-corrected chi connectivity index (χ4v) is 4.91. The first-order chi connectivity index (χ1) is 15.3. The van der Waals surface area contributed by atoms with Crippen LogP contribution in [0.25, 0.3) is 4.96 Å². The van der Waals surface area contributed by atoms with Crippen molar-refractivity contribution in [3.8, 4) is 0 Å². The first-order valence-corrected chi connectivity index (χ1v) is 11.5. The number of aryl methyl sites for hydroxylation is 1. The van der Waals surface area contributed by atoms with Gasteiger partial charge < -0.3 is 4.84 Å². The molecule has 0 atom stereocenters. The van der Waals surface area contributed by atoms with Crippen LogP contribution in [-0.2, 0) is 17.6 Å². The van der Waals surface area contributed by atoms with Crippen LogP contribution >= 0.6 is 34.7 Å². The first kappa shape index (κ1) is 22.6. The SMILES string of the molecule is Cc1c(/C(CSc2ccc(Cl)cc2)=N\OCc2ccc(C(F)(F)F)cc2)sc2ncnn12. The molecule has 2 heterocycles. The largest absolute Gasteiger partial charge is 0.416 e. The molecule has 0 N–H and O–H groups in total. The molecule has 0 spiro atoms. The Bertz CT molecular complexity index is 1230. The normalized spacial score (nSPS) is 12.5.